The number of nitrogens with one attached hydrogen (secondary N) is 1. The van der Waals surface area contributed by atoms with Crippen molar-refractivity contribution >= 4 is 27.5 Å². The average Bonchev–Trinajstić information content (AvgIpc) is 2.48. The number of allylic oxidation sites excluding steroid dienone is 1. The van der Waals surface area contributed by atoms with E-state index in [1.165, 1.54) is 10.9 Å². The summed E-state index contributed by atoms with van der Waals surface area (Å²) in [5.41, 5.74) is 0.246. The van der Waals surface area contributed by atoms with Gasteiger partial charge in [-0.15, -0.1) is 6.58 Å². The fourth-order valence-corrected chi connectivity index (χ4v) is 2.34. The molecule has 1 aromatic rings. The van der Waals surface area contributed by atoms with Gasteiger partial charge in [-0.05, 0) is 36.7 Å². The maximum atomic E-state index is 12.2. The van der Waals surface area contributed by atoms with Gasteiger partial charge in [0.1, 0.15) is 10.5 Å². The van der Waals surface area contributed by atoms with E-state index in [2.05, 4.69) is 32.9 Å². The number of anilines is 1. The van der Waals surface area contributed by atoms with Crippen LogP contribution in [0.1, 0.15) is 20.8 Å². The number of carbonyl (C=O) groups excluding carboxylic acids is 1. The molecular formula is C14H21BrN4O2. The lowest BCUT2D eigenvalue weighted by Gasteiger charge is -2.24. The summed E-state index contributed by atoms with van der Waals surface area (Å²) in [6.07, 6.45) is 3.13. The standard InChI is InChI=1S/C14H21BrN4O2/c1-5-8-19-14(21)12(15)11(9-16-19)17-10(4)13(20)18(6-2)7-3/h5,9-10,17H,1,6-8H2,2-4H3. The molecule has 0 saturated heterocycles. The summed E-state index contributed by atoms with van der Waals surface area (Å²) in [5, 5.41) is 7.07. The lowest BCUT2D eigenvalue weighted by molar-refractivity contribution is -0.131. The van der Waals surface area contributed by atoms with Gasteiger partial charge in [-0.25, -0.2) is 4.68 Å². The summed E-state index contributed by atoms with van der Waals surface area (Å²) in [6.45, 7) is 10.9. The molecule has 1 aromatic heterocycles. The van der Waals surface area contributed by atoms with E-state index in [1.807, 2.05) is 13.8 Å². The number of rotatable bonds is 7. The van der Waals surface area contributed by atoms with E-state index in [4.69, 9.17) is 0 Å². The Balaban J connectivity index is 2.93. The molecule has 0 spiro atoms. The first-order valence-corrected chi connectivity index (χ1v) is 7.67. The highest BCUT2D eigenvalue weighted by molar-refractivity contribution is 9.10. The molecular weight excluding hydrogens is 336 g/mol. The van der Waals surface area contributed by atoms with E-state index in [0.717, 1.165) is 0 Å². The highest BCUT2D eigenvalue weighted by atomic mass is 79.9. The van der Waals surface area contributed by atoms with E-state index in [1.54, 1.807) is 17.9 Å². The first kappa shape index (κ1) is 17.4. The molecule has 116 valence electrons. The third-order valence-corrected chi connectivity index (χ3v) is 3.87. The van der Waals surface area contributed by atoms with Gasteiger partial charge in [-0.1, -0.05) is 6.08 Å². The predicted octanol–water partition coefficient (Wildman–Crippen LogP) is 1.86. The fraction of sp³-hybridized carbons (Fsp3) is 0.500. The van der Waals surface area contributed by atoms with Crippen molar-refractivity contribution in [2.24, 2.45) is 0 Å². The lowest BCUT2D eigenvalue weighted by atomic mass is 10.2. The van der Waals surface area contributed by atoms with Gasteiger partial charge in [0.15, 0.2) is 0 Å². The maximum absolute atomic E-state index is 12.2. The molecule has 1 amide bonds. The van der Waals surface area contributed by atoms with Crippen LogP contribution in [0.3, 0.4) is 0 Å². The second kappa shape index (κ2) is 7.97. The van der Waals surface area contributed by atoms with Crippen LogP contribution in [0.5, 0.6) is 0 Å². The predicted molar refractivity (Wildman–Crippen MR) is 87.4 cm³/mol. The normalized spacial score (nSPS) is 11.8. The molecule has 1 unspecified atom stereocenters. The highest BCUT2D eigenvalue weighted by Gasteiger charge is 2.19. The first-order valence-electron chi connectivity index (χ1n) is 6.88. The van der Waals surface area contributed by atoms with Crippen molar-refractivity contribution < 1.29 is 4.79 Å². The van der Waals surface area contributed by atoms with Crippen molar-refractivity contribution in [1.29, 1.82) is 0 Å². The summed E-state index contributed by atoms with van der Waals surface area (Å²) in [7, 11) is 0. The fourth-order valence-electron chi connectivity index (χ4n) is 1.92. The van der Waals surface area contributed by atoms with Gasteiger partial charge in [0.05, 0.1) is 18.4 Å². The molecule has 1 rings (SSSR count). The maximum Gasteiger partial charge on any atom is 0.283 e. The number of amides is 1. The minimum Gasteiger partial charge on any atom is -0.372 e. The zero-order valence-corrected chi connectivity index (χ0v) is 14.2. The molecule has 21 heavy (non-hydrogen) atoms. The number of nitrogens with zero attached hydrogens (tertiary/aromatic N) is 3. The second-order valence-corrected chi connectivity index (χ2v) is 5.32. The van der Waals surface area contributed by atoms with Crippen LogP contribution in [0.25, 0.3) is 0 Å². The molecule has 1 heterocycles. The number of carbonyl (C=O) groups is 1. The Morgan fingerprint density at radius 3 is 2.71 bits per heavy atom. The topological polar surface area (TPSA) is 67.2 Å². The Morgan fingerprint density at radius 2 is 2.19 bits per heavy atom. The molecule has 0 saturated carbocycles. The summed E-state index contributed by atoms with van der Waals surface area (Å²) >= 11 is 3.25. The number of hydrogen-bond acceptors (Lipinski definition) is 4. The van der Waals surface area contributed by atoms with Crippen molar-refractivity contribution in [3.05, 3.63) is 33.7 Å². The third kappa shape index (κ3) is 4.17. The monoisotopic (exact) mass is 356 g/mol. The van der Waals surface area contributed by atoms with Crippen LogP contribution >= 0.6 is 15.9 Å². The van der Waals surface area contributed by atoms with Crippen molar-refractivity contribution in [3.8, 4) is 0 Å². The molecule has 0 aliphatic rings. The second-order valence-electron chi connectivity index (χ2n) is 4.52. The van der Waals surface area contributed by atoms with E-state index >= 15 is 0 Å². The largest absolute Gasteiger partial charge is 0.372 e. The molecule has 0 aliphatic heterocycles. The van der Waals surface area contributed by atoms with E-state index < -0.39 is 6.04 Å². The van der Waals surface area contributed by atoms with Gasteiger partial charge in [-0.3, -0.25) is 9.59 Å². The molecule has 1 atom stereocenters. The van der Waals surface area contributed by atoms with Gasteiger partial charge in [0.2, 0.25) is 5.91 Å². The molecule has 0 radical (unpaired) electrons. The van der Waals surface area contributed by atoms with Gasteiger partial charge < -0.3 is 10.2 Å². The van der Waals surface area contributed by atoms with E-state index in [-0.39, 0.29) is 11.5 Å². The minimum absolute atomic E-state index is 0.0119. The van der Waals surface area contributed by atoms with E-state index in [9.17, 15) is 9.59 Å². The zero-order valence-electron chi connectivity index (χ0n) is 12.6. The number of hydrogen-bond donors (Lipinski definition) is 1. The number of halogens is 1. The molecule has 6 nitrogen and oxygen atoms in total. The highest BCUT2D eigenvalue weighted by Crippen LogP contribution is 2.17. The Morgan fingerprint density at radius 1 is 1.57 bits per heavy atom. The SMILES string of the molecule is C=CCn1ncc(NC(C)C(=O)N(CC)CC)c(Br)c1=O. The molecule has 0 fully saturated rings. The summed E-state index contributed by atoms with van der Waals surface area (Å²) in [6, 6.07) is -0.433. The van der Waals surface area contributed by atoms with Crippen molar-refractivity contribution in [1.82, 2.24) is 14.7 Å². The Kier molecular flexibility index (Phi) is 6.61. The Labute approximate surface area is 133 Å². The molecule has 0 bridgehead atoms. The summed E-state index contributed by atoms with van der Waals surface area (Å²) < 4.78 is 1.65. The number of aromatic nitrogens is 2. The Hall–Kier alpha value is -1.63. The van der Waals surface area contributed by atoms with Crippen LogP contribution in [-0.2, 0) is 11.3 Å². The van der Waals surface area contributed by atoms with Crippen molar-refractivity contribution in [3.63, 3.8) is 0 Å². The van der Waals surface area contributed by atoms with Crippen LogP contribution < -0.4 is 10.9 Å². The quantitative estimate of drug-likeness (QED) is 0.757. The number of likely N-dealkylation sites (N-methyl/N-ethyl adjacent to an activating group) is 1. The van der Waals surface area contributed by atoms with Crippen molar-refractivity contribution in [2.75, 3.05) is 18.4 Å². The minimum atomic E-state index is -0.433. The van der Waals surface area contributed by atoms with Gasteiger partial charge in [0, 0.05) is 13.1 Å². The third-order valence-electron chi connectivity index (χ3n) is 3.10. The molecule has 0 aromatic carbocycles. The zero-order chi connectivity index (χ0) is 16.0. The van der Waals surface area contributed by atoms with Gasteiger partial charge >= 0.3 is 0 Å². The molecule has 0 aliphatic carbocycles. The van der Waals surface area contributed by atoms with Gasteiger partial charge in [0.25, 0.3) is 5.56 Å². The summed E-state index contributed by atoms with van der Waals surface area (Å²) in [5.74, 6) is -0.0119. The average molecular weight is 357 g/mol. The van der Waals surface area contributed by atoms with Crippen LogP contribution in [-0.4, -0.2) is 39.7 Å². The van der Waals surface area contributed by atoms with Crippen LogP contribution in [0.15, 0.2) is 28.1 Å². The van der Waals surface area contributed by atoms with Gasteiger partial charge in [-0.2, -0.15) is 5.10 Å². The molecule has 1 N–H and O–H groups in total. The van der Waals surface area contributed by atoms with Crippen LogP contribution in [0.2, 0.25) is 0 Å². The smallest absolute Gasteiger partial charge is 0.283 e. The van der Waals surface area contributed by atoms with Crippen LogP contribution in [0.4, 0.5) is 5.69 Å². The molecule has 7 heteroatoms. The first-order chi connectivity index (χ1) is 9.96. The van der Waals surface area contributed by atoms with Crippen molar-refractivity contribution in [2.45, 2.75) is 33.4 Å². The van der Waals surface area contributed by atoms with Crippen LogP contribution in [0, 0.1) is 0 Å². The lowest BCUT2D eigenvalue weighted by Crippen LogP contribution is -2.41. The van der Waals surface area contributed by atoms with E-state index in [0.29, 0.717) is 29.8 Å². The summed E-state index contributed by atoms with van der Waals surface area (Å²) in [4.78, 5) is 26.0. The Bertz CT molecular complexity index is 567.